The van der Waals surface area contributed by atoms with Crippen LogP contribution in [0, 0.1) is 3.57 Å². The lowest BCUT2D eigenvalue weighted by Gasteiger charge is -2.10. The first-order chi connectivity index (χ1) is 9.31. The summed E-state index contributed by atoms with van der Waals surface area (Å²) in [5.41, 5.74) is -0.109. The van der Waals surface area contributed by atoms with E-state index in [-0.39, 0.29) is 23.5 Å². The molecule has 0 spiro atoms. The monoisotopic (exact) mass is 411 g/mol. The molecule has 1 saturated heterocycles. The van der Waals surface area contributed by atoms with Crippen LogP contribution in [0.15, 0.2) is 23.1 Å². The minimum absolute atomic E-state index is 0.109. The first kappa shape index (κ1) is 15.2. The quantitative estimate of drug-likeness (QED) is 0.555. The average Bonchev–Trinajstić information content (AvgIpc) is 2.74. The molecule has 1 atom stereocenters. The molecule has 7 nitrogen and oxygen atoms in total. The van der Waals surface area contributed by atoms with E-state index in [1.807, 2.05) is 0 Å². The highest BCUT2D eigenvalue weighted by Crippen LogP contribution is 2.19. The third-order valence-electron chi connectivity index (χ3n) is 2.71. The van der Waals surface area contributed by atoms with E-state index in [4.69, 9.17) is 5.11 Å². The number of carbonyl (C=O) groups excluding carboxylic acids is 1. The molecule has 2 rings (SSSR count). The fourth-order valence-corrected chi connectivity index (χ4v) is 3.50. The Morgan fingerprint density at radius 3 is 2.70 bits per heavy atom. The molecule has 0 amide bonds. The molecule has 1 heterocycles. The molecule has 0 radical (unpaired) electrons. The van der Waals surface area contributed by atoms with Crippen molar-refractivity contribution in [3.63, 3.8) is 0 Å². The number of rotatable bonds is 4. The van der Waals surface area contributed by atoms with Crippen molar-refractivity contribution < 1.29 is 27.9 Å². The number of nitrogens with one attached hydrogen (secondary N) is 1. The van der Waals surface area contributed by atoms with Crippen LogP contribution in [-0.2, 0) is 19.6 Å². The highest BCUT2D eigenvalue weighted by molar-refractivity contribution is 14.1. The van der Waals surface area contributed by atoms with Crippen molar-refractivity contribution >= 4 is 44.6 Å². The predicted octanol–water partition coefficient (Wildman–Crippen LogP) is 0.583. The number of esters is 1. The van der Waals surface area contributed by atoms with Crippen LogP contribution in [0.5, 0.6) is 0 Å². The number of carbonyl (C=O) groups is 2. The fraction of sp³-hybridized carbons (Fsp3) is 0.273. The number of sulfonamides is 1. The largest absolute Gasteiger partial charge is 0.478 e. The van der Waals surface area contributed by atoms with Crippen molar-refractivity contribution in [3.05, 3.63) is 27.3 Å². The van der Waals surface area contributed by atoms with Crippen molar-refractivity contribution in [2.75, 3.05) is 6.61 Å². The summed E-state index contributed by atoms with van der Waals surface area (Å²) in [6, 6.07) is 2.82. The Morgan fingerprint density at radius 2 is 2.15 bits per heavy atom. The number of carboxylic acid groups (broad SMARTS) is 1. The van der Waals surface area contributed by atoms with Crippen LogP contribution in [0.2, 0.25) is 0 Å². The van der Waals surface area contributed by atoms with E-state index >= 15 is 0 Å². The highest BCUT2D eigenvalue weighted by atomic mass is 127. The summed E-state index contributed by atoms with van der Waals surface area (Å²) in [4.78, 5) is 22.1. The lowest BCUT2D eigenvalue weighted by molar-refractivity contribution is -0.139. The Kier molecular flexibility index (Phi) is 4.30. The molecule has 1 aliphatic heterocycles. The summed E-state index contributed by atoms with van der Waals surface area (Å²) in [5, 5.41) is 8.99. The number of benzene rings is 1. The number of cyclic esters (lactones) is 1. The molecule has 1 aliphatic rings. The van der Waals surface area contributed by atoms with Gasteiger partial charge in [-0.3, -0.25) is 4.79 Å². The third-order valence-corrected chi connectivity index (χ3v) is 5.12. The Labute approximate surface area is 128 Å². The van der Waals surface area contributed by atoms with Crippen LogP contribution in [0.4, 0.5) is 0 Å². The fourth-order valence-electron chi connectivity index (χ4n) is 1.69. The SMILES string of the molecule is O=C(O)c1cc(S(=O)(=O)NC2CCOC2=O)ccc1I. The minimum Gasteiger partial charge on any atom is -0.478 e. The number of carboxylic acids is 1. The summed E-state index contributed by atoms with van der Waals surface area (Å²) in [5.74, 6) is -1.84. The Morgan fingerprint density at radius 1 is 1.45 bits per heavy atom. The number of halogens is 1. The molecular formula is C11H10INO6S. The van der Waals surface area contributed by atoms with Crippen molar-refractivity contribution in [1.82, 2.24) is 4.72 Å². The van der Waals surface area contributed by atoms with Crippen LogP contribution in [-0.4, -0.2) is 38.1 Å². The van der Waals surface area contributed by atoms with Gasteiger partial charge in [-0.2, -0.15) is 4.72 Å². The summed E-state index contributed by atoms with van der Waals surface area (Å²) >= 11 is 1.80. The van der Waals surface area contributed by atoms with Crippen LogP contribution < -0.4 is 4.72 Å². The Hall–Kier alpha value is -1.20. The summed E-state index contributed by atoms with van der Waals surface area (Å²) in [7, 11) is -3.97. The second-order valence-corrected chi connectivity index (χ2v) is 6.95. The van der Waals surface area contributed by atoms with Gasteiger partial charge in [-0.05, 0) is 40.8 Å². The second-order valence-electron chi connectivity index (χ2n) is 4.08. The molecule has 108 valence electrons. The molecule has 9 heteroatoms. The summed E-state index contributed by atoms with van der Waals surface area (Å²) < 4.78 is 31.5. The van der Waals surface area contributed by atoms with Crippen molar-refractivity contribution in [3.8, 4) is 0 Å². The van der Waals surface area contributed by atoms with Crippen LogP contribution >= 0.6 is 22.6 Å². The first-order valence-corrected chi connectivity index (χ1v) is 8.09. The van der Waals surface area contributed by atoms with Crippen LogP contribution in [0.3, 0.4) is 0 Å². The zero-order chi connectivity index (χ0) is 14.9. The molecule has 0 bridgehead atoms. The van der Waals surface area contributed by atoms with Gasteiger partial charge in [-0.15, -0.1) is 0 Å². The van der Waals surface area contributed by atoms with Gasteiger partial charge >= 0.3 is 11.9 Å². The maximum absolute atomic E-state index is 12.1. The van der Waals surface area contributed by atoms with Gasteiger partial charge in [-0.1, -0.05) is 0 Å². The number of aromatic carboxylic acids is 1. The molecule has 1 aromatic carbocycles. The maximum Gasteiger partial charge on any atom is 0.336 e. The zero-order valence-electron chi connectivity index (χ0n) is 10.00. The number of hydrogen-bond donors (Lipinski definition) is 2. The van der Waals surface area contributed by atoms with E-state index in [9.17, 15) is 18.0 Å². The smallest absolute Gasteiger partial charge is 0.336 e. The first-order valence-electron chi connectivity index (χ1n) is 5.53. The molecular weight excluding hydrogens is 401 g/mol. The van der Waals surface area contributed by atoms with E-state index < -0.39 is 28.0 Å². The standard InChI is InChI=1S/C11H10INO6S/c12-8-2-1-6(5-7(8)10(14)15)20(17,18)13-9-3-4-19-11(9)16/h1-2,5,9,13H,3-4H2,(H,14,15). The van der Waals surface area contributed by atoms with Crippen LogP contribution in [0.25, 0.3) is 0 Å². The molecule has 20 heavy (non-hydrogen) atoms. The summed E-state index contributed by atoms with van der Waals surface area (Å²) in [6.07, 6.45) is 0.258. The molecule has 0 aliphatic carbocycles. The van der Waals surface area contributed by atoms with Gasteiger partial charge in [0.05, 0.1) is 17.1 Å². The molecule has 1 unspecified atom stereocenters. The van der Waals surface area contributed by atoms with Crippen LogP contribution in [0.1, 0.15) is 16.8 Å². The van der Waals surface area contributed by atoms with Crippen molar-refractivity contribution in [2.45, 2.75) is 17.4 Å². The van der Waals surface area contributed by atoms with Gasteiger partial charge in [0.1, 0.15) is 6.04 Å². The van der Waals surface area contributed by atoms with Gasteiger partial charge < -0.3 is 9.84 Å². The number of hydrogen-bond acceptors (Lipinski definition) is 5. The van der Waals surface area contributed by atoms with Gasteiger partial charge in [0, 0.05) is 9.99 Å². The molecule has 1 fully saturated rings. The molecule has 2 N–H and O–H groups in total. The van der Waals surface area contributed by atoms with E-state index in [0.29, 0.717) is 3.57 Å². The molecule has 0 saturated carbocycles. The average molecular weight is 411 g/mol. The van der Waals surface area contributed by atoms with Crippen molar-refractivity contribution in [2.24, 2.45) is 0 Å². The lowest BCUT2D eigenvalue weighted by atomic mass is 10.2. The Balaban J connectivity index is 2.32. The van der Waals surface area contributed by atoms with Crippen molar-refractivity contribution in [1.29, 1.82) is 0 Å². The second kappa shape index (κ2) is 5.66. The van der Waals surface area contributed by atoms with E-state index in [1.165, 1.54) is 12.1 Å². The lowest BCUT2D eigenvalue weighted by Crippen LogP contribution is -2.37. The van der Waals surface area contributed by atoms with E-state index in [1.54, 1.807) is 22.6 Å². The predicted molar refractivity (Wildman–Crippen MR) is 75.8 cm³/mol. The van der Waals surface area contributed by atoms with Gasteiger partial charge in [-0.25, -0.2) is 13.2 Å². The minimum atomic E-state index is -3.97. The van der Waals surface area contributed by atoms with Gasteiger partial charge in [0.25, 0.3) is 0 Å². The van der Waals surface area contributed by atoms with E-state index in [2.05, 4.69) is 9.46 Å². The number of ether oxygens (including phenoxy) is 1. The summed E-state index contributed by atoms with van der Waals surface area (Å²) in [6.45, 7) is 0.166. The van der Waals surface area contributed by atoms with Gasteiger partial charge in [0.15, 0.2) is 0 Å². The highest BCUT2D eigenvalue weighted by Gasteiger charge is 2.31. The Bertz CT molecular complexity index is 671. The third kappa shape index (κ3) is 3.10. The maximum atomic E-state index is 12.1. The molecule has 0 aromatic heterocycles. The van der Waals surface area contributed by atoms with E-state index in [0.717, 1.165) is 6.07 Å². The normalized spacial score (nSPS) is 18.9. The topological polar surface area (TPSA) is 110 Å². The zero-order valence-corrected chi connectivity index (χ0v) is 13.0. The van der Waals surface area contributed by atoms with Gasteiger partial charge in [0.2, 0.25) is 10.0 Å². The molecule has 1 aromatic rings.